The molecule has 8 heteroatoms. The number of hydrogen-bond donors (Lipinski definition) is 1. The topological polar surface area (TPSA) is 93.8 Å². The Morgan fingerprint density at radius 3 is 2.79 bits per heavy atom. The number of carbonyl (C=O) groups is 1. The third-order valence-electron chi connectivity index (χ3n) is 4.27. The summed E-state index contributed by atoms with van der Waals surface area (Å²) in [6.07, 6.45) is 5.33. The van der Waals surface area contributed by atoms with Crippen molar-refractivity contribution in [1.29, 1.82) is 0 Å². The summed E-state index contributed by atoms with van der Waals surface area (Å²) in [7, 11) is 1.40. The van der Waals surface area contributed by atoms with E-state index in [9.17, 15) is 9.59 Å². The van der Waals surface area contributed by atoms with Gasteiger partial charge in [-0.2, -0.15) is 4.98 Å². The van der Waals surface area contributed by atoms with E-state index in [4.69, 9.17) is 9.84 Å². The number of carboxylic acids is 1. The molecule has 1 N–H and O–H groups in total. The zero-order valence-corrected chi connectivity index (χ0v) is 16.7. The first-order valence-corrected chi connectivity index (χ1v) is 9.71. The third kappa shape index (κ3) is 4.28. The maximum absolute atomic E-state index is 12.7. The van der Waals surface area contributed by atoms with Gasteiger partial charge in [-0.3, -0.25) is 9.20 Å². The molecule has 0 aliphatic heterocycles. The van der Waals surface area contributed by atoms with Crippen molar-refractivity contribution >= 4 is 29.0 Å². The molecule has 3 aromatic rings. The van der Waals surface area contributed by atoms with Gasteiger partial charge >= 0.3 is 5.97 Å². The largest absolute Gasteiger partial charge is 0.480 e. The molecule has 0 aromatic carbocycles. The Bertz CT molecular complexity index is 1100. The van der Waals surface area contributed by atoms with Crippen LogP contribution in [-0.2, 0) is 17.6 Å². The lowest BCUT2D eigenvalue weighted by Gasteiger charge is -2.08. The van der Waals surface area contributed by atoms with Gasteiger partial charge in [0, 0.05) is 24.1 Å². The van der Waals surface area contributed by atoms with E-state index >= 15 is 0 Å². The van der Waals surface area contributed by atoms with E-state index in [-0.39, 0.29) is 17.0 Å². The summed E-state index contributed by atoms with van der Waals surface area (Å²) in [4.78, 5) is 32.4. The number of nitrogens with zero attached hydrogens (tertiary/aromatic N) is 3. The standard InChI is InChI=1S/C20H21N3O4S/c1-12(2)15-11-28-17(21-15)6-4-13-8-9-23-16(10-13)22-19(27-3)14(20(23)26)5-7-18(24)25/h5,7-12H,4,6H2,1-3H3,(H,24,25)/b7-5+. The molecule has 3 aromatic heterocycles. The Morgan fingerprint density at radius 1 is 1.36 bits per heavy atom. The van der Waals surface area contributed by atoms with Crippen molar-refractivity contribution < 1.29 is 14.6 Å². The van der Waals surface area contributed by atoms with Crippen LogP contribution in [0.5, 0.6) is 5.88 Å². The van der Waals surface area contributed by atoms with E-state index in [0.717, 1.165) is 35.2 Å². The Kier molecular flexibility index (Phi) is 5.89. The van der Waals surface area contributed by atoms with Gasteiger partial charge in [0.25, 0.3) is 5.56 Å². The van der Waals surface area contributed by atoms with Gasteiger partial charge in [0.05, 0.1) is 17.8 Å². The van der Waals surface area contributed by atoms with Crippen LogP contribution in [0.1, 0.15) is 41.6 Å². The molecule has 0 saturated carbocycles. The van der Waals surface area contributed by atoms with Crippen molar-refractivity contribution in [2.24, 2.45) is 0 Å². The van der Waals surface area contributed by atoms with Crippen molar-refractivity contribution in [2.75, 3.05) is 7.11 Å². The van der Waals surface area contributed by atoms with Crippen LogP contribution in [0.15, 0.2) is 34.6 Å². The number of aryl methyl sites for hydroxylation is 2. The normalized spacial score (nSPS) is 11.6. The molecule has 0 spiro atoms. The van der Waals surface area contributed by atoms with E-state index in [1.807, 2.05) is 12.1 Å². The molecule has 0 atom stereocenters. The van der Waals surface area contributed by atoms with Crippen molar-refractivity contribution in [1.82, 2.24) is 14.4 Å². The highest BCUT2D eigenvalue weighted by Gasteiger charge is 2.12. The summed E-state index contributed by atoms with van der Waals surface area (Å²) >= 11 is 1.66. The molecule has 0 fully saturated rings. The second-order valence-electron chi connectivity index (χ2n) is 6.60. The average molecular weight is 399 g/mol. The Labute approximate surface area is 166 Å². The molecule has 146 valence electrons. The van der Waals surface area contributed by atoms with Crippen molar-refractivity contribution in [2.45, 2.75) is 32.6 Å². The van der Waals surface area contributed by atoms with Crippen molar-refractivity contribution in [3.8, 4) is 5.88 Å². The van der Waals surface area contributed by atoms with Crippen LogP contribution in [0.25, 0.3) is 11.7 Å². The van der Waals surface area contributed by atoms with Gasteiger partial charge in [0.1, 0.15) is 11.2 Å². The minimum Gasteiger partial charge on any atom is -0.480 e. The van der Waals surface area contributed by atoms with Crippen LogP contribution < -0.4 is 10.3 Å². The first-order chi connectivity index (χ1) is 13.4. The summed E-state index contributed by atoms with van der Waals surface area (Å²) in [5, 5.41) is 12.0. The van der Waals surface area contributed by atoms with Crippen LogP contribution in [0.4, 0.5) is 0 Å². The van der Waals surface area contributed by atoms with Gasteiger partial charge in [0.15, 0.2) is 0 Å². The Morgan fingerprint density at radius 2 is 2.14 bits per heavy atom. The number of aliphatic carboxylic acids is 1. The second kappa shape index (κ2) is 8.35. The van der Waals surface area contributed by atoms with E-state index in [0.29, 0.717) is 11.6 Å². The molecule has 28 heavy (non-hydrogen) atoms. The summed E-state index contributed by atoms with van der Waals surface area (Å²) in [6, 6.07) is 3.70. The van der Waals surface area contributed by atoms with Crippen LogP contribution in [0, 0.1) is 0 Å². The summed E-state index contributed by atoms with van der Waals surface area (Å²) in [6.45, 7) is 4.25. The molecule has 0 amide bonds. The van der Waals surface area contributed by atoms with Crippen LogP contribution in [0.2, 0.25) is 0 Å². The van der Waals surface area contributed by atoms with Gasteiger partial charge in [-0.25, -0.2) is 9.78 Å². The molecular weight excluding hydrogens is 378 g/mol. The first kappa shape index (κ1) is 19.8. The van der Waals surface area contributed by atoms with Gasteiger partial charge < -0.3 is 9.84 Å². The van der Waals surface area contributed by atoms with Crippen molar-refractivity contribution in [3.05, 3.63) is 62.0 Å². The highest BCUT2D eigenvalue weighted by Crippen LogP contribution is 2.20. The minimum absolute atomic E-state index is 0.0964. The molecule has 7 nitrogen and oxygen atoms in total. The predicted octanol–water partition coefficient (Wildman–Crippen LogP) is 3.17. The van der Waals surface area contributed by atoms with E-state index in [1.54, 1.807) is 17.5 Å². The van der Waals surface area contributed by atoms with Crippen molar-refractivity contribution in [3.63, 3.8) is 0 Å². The number of pyridine rings is 1. The lowest BCUT2D eigenvalue weighted by molar-refractivity contribution is -0.131. The number of fused-ring (bicyclic) bond motifs is 1. The van der Waals surface area contributed by atoms with E-state index < -0.39 is 5.97 Å². The number of aromatic nitrogens is 3. The third-order valence-corrected chi connectivity index (χ3v) is 5.20. The first-order valence-electron chi connectivity index (χ1n) is 8.83. The maximum atomic E-state index is 12.7. The Balaban J connectivity index is 1.89. The number of methoxy groups -OCH3 is 1. The SMILES string of the molecule is COc1nc2cc(CCc3nc(C(C)C)cs3)ccn2c(=O)c1/C=C/C(=O)O. The second-order valence-corrected chi connectivity index (χ2v) is 7.54. The molecular formula is C20H21N3O4S. The summed E-state index contributed by atoms with van der Waals surface area (Å²) in [5.74, 6) is -0.635. The van der Waals surface area contributed by atoms with Gasteiger partial charge in [-0.15, -0.1) is 11.3 Å². The Hall–Kier alpha value is -3.00. The summed E-state index contributed by atoms with van der Waals surface area (Å²) < 4.78 is 6.57. The number of hydrogen-bond acceptors (Lipinski definition) is 6. The summed E-state index contributed by atoms with van der Waals surface area (Å²) in [5.41, 5.74) is 2.31. The van der Waals surface area contributed by atoms with Crippen LogP contribution >= 0.6 is 11.3 Å². The van der Waals surface area contributed by atoms with E-state index in [2.05, 4.69) is 29.2 Å². The van der Waals surface area contributed by atoms with E-state index in [1.165, 1.54) is 17.6 Å². The van der Waals surface area contributed by atoms with Crippen LogP contribution in [-0.4, -0.2) is 32.6 Å². The molecule has 3 heterocycles. The van der Waals surface area contributed by atoms with Gasteiger partial charge in [-0.05, 0) is 36.1 Å². The molecule has 0 bridgehead atoms. The number of carboxylic acid groups (broad SMARTS) is 1. The number of ether oxygens (including phenoxy) is 1. The zero-order chi connectivity index (χ0) is 20.3. The maximum Gasteiger partial charge on any atom is 0.328 e. The molecule has 0 radical (unpaired) electrons. The number of thiazole rings is 1. The highest BCUT2D eigenvalue weighted by atomic mass is 32.1. The zero-order valence-electron chi connectivity index (χ0n) is 15.9. The fourth-order valence-corrected chi connectivity index (χ4v) is 3.70. The molecule has 0 saturated heterocycles. The minimum atomic E-state index is -1.15. The molecule has 0 aliphatic rings. The highest BCUT2D eigenvalue weighted by molar-refractivity contribution is 7.09. The lowest BCUT2D eigenvalue weighted by Crippen LogP contribution is -2.19. The van der Waals surface area contributed by atoms with Gasteiger partial charge in [0.2, 0.25) is 5.88 Å². The lowest BCUT2D eigenvalue weighted by atomic mass is 10.1. The monoisotopic (exact) mass is 399 g/mol. The average Bonchev–Trinajstić information content (AvgIpc) is 3.14. The predicted molar refractivity (Wildman–Crippen MR) is 108 cm³/mol. The quantitative estimate of drug-likeness (QED) is 0.614. The smallest absolute Gasteiger partial charge is 0.328 e. The number of rotatable bonds is 7. The van der Waals surface area contributed by atoms with Crippen LogP contribution in [0.3, 0.4) is 0 Å². The fourth-order valence-electron chi connectivity index (χ4n) is 2.74. The van der Waals surface area contributed by atoms with Gasteiger partial charge in [-0.1, -0.05) is 13.8 Å². The molecule has 0 unspecified atom stereocenters. The molecule has 0 aliphatic carbocycles. The fraction of sp³-hybridized carbons (Fsp3) is 0.300. The molecule has 3 rings (SSSR count).